The molecule has 5 heteroatoms. The van der Waals surface area contributed by atoms with Crippen LogP contribution in [-0.2, 0) is 4.74 Å². The standard InChI is InChI=1S/C11H14ClNO3/c1-8(12)7-16-11(14)13-9-3-5-10(15-2)6-4-9/h3-6,8H,7H2,1-2H3,(H,13,14)/t8-/m0/s1. The molecule has 0 spiro atoms. The summed E-state index contributed by atoms with van der Waals surface area (Å²) in [4.78, 5) is 11.2. The number of hydrogen-bond acceptors (Lipinski definition) is 3. The number of anilines is 1. The zero-order valence-electron chi connectivity index (χ0n) is 9.20. The fraction of sp³-hybridized carbons (Fsp3) is 0.364. The van der Waals surface area contributed by atoms with Crippen molar-refractivity contribution >= 4 is 23.4 Å². The maximum atomic E-state index is 11.2. The summed E-state index contributed by atoms with van der Waals surface area (Å²) in [5.74, 6) is 0.730. The van der Waals surface area contributed by atoms with Gasteiger partial charge in [-0.2, -0.15) is 0 Å². The van der Waals surface area contributed by atoms with Crippen LogP contribution in [0.15, 0.2) is 24.3 Å². The highest BCUT2D eigenvalue weighted by molar-refractivity contribution is 6.20. The number of carbonyl (C=O) groups excluding carboxylic acids is 1. The molecule has 0 saturated heterocycles. The van der Waals surface area contributed by atoms with Gasteiger partial charge in [-0.05, 0) is 31.2 Å². The molecular weight excluding hydrogens is 230 g/mol. The molecule has 16 heavy (non-hydrogen) atoms. The van der Waals surface area contributed by atoms with Crippen LogP contribution >= 0.6 is 11.6 Å². The van der Waals surface area contributed by atoms with Gasteiger partial charge in [0.15, 0.2) is 0 Å². The van der Waals surface area contributed by atoms with Crippen molar-refractivity contribution in [3.8, 4) is 5.75 Å². The lowest BCUT2D eigenvalue weighted by atomic mass is 10.3. The Balaban J connectivity index is 2.43. The second-order valence-electron chi connectivity index (χ2n) is 3.23. The normalized spacial score (nSPS) is 11.7. The average Bonchev–Trinajstić information content (AvgIpc) is 2.27. The highest BCUT2D eigenvalue weighted by Gasteiger charge is 2.05. The van der Waals surface area contributed by atoms with Crippen LogP contribution in [0.3, 0.4) is 0 Å². The van der Waals surface area contributed by atoms with E-state index in [1.807, 2.05) is 0 Å². The Bertz CT molecular complexity index is 338. The summed E-state index contributed by atoms with van der Waals surface area (Å²) in [6.07, 6.45) is -0.516. The fourth-order valence-electron chi connectivity index (χ4n) is 1.02. The van der Waals surface area contributed by atoms with E-state index in [0.29, 0.717) is 5.69 Å². The number of rotatable bonds is 4. The summed E-state index contributed by atoms with van der Waals surface area (Å²) in [6.45, 7) is 1.94. The topological polar surface area (TPSA) is 47.6 Å². The molecule has 4 nitrogen and oxygen atoms in total. The van der Waals surface area contributed by atoms with Gasteiger partial charge in [-0.15, -0.1) is 11.6 Å². The Morgan fingerprint density at radius 1 is 1.44 bits per heavy atom. The smallest absolute Gasteiger partial charge is 0.411 e. The molecule has 0 radical (unpaired) electrons. The molecule has 0 aliphatic rings. The fourth-order valence-corrected chi connectivity index (χ4v) is 1.08. The quantitative estimate of drug-likeness (QED) is 0.828. The van der Waals surface area contributed by atoms with Crippen LogP contribution in [-0.4, -0.2) is 25.2 Å². The summed E-state index contributed by atoms with van der Waals surface area (Å²) >= 11 is 5.64. The molecule has 0 aliphatic carbocycles. The Labute approximate surface area is 99.5 Å². The van der Waals surface area contributed by atoms with Gasteiger partial charge in [0.2, 0.25) is 0 Å². The molecular formula is C11H14ClNO3. The molecule has 0 aliphatic heterocycles. The predicted molar refractivity (Wildman–Crippen MR) is 63.3 cm³/mol. The van der Waals surface area contributed by atoms with Crippen molar-refractivity contribution in [3.63, 3.8) is 0 Å². The Morgan fingerprint density at radius 3 is 2.56 bits per heavy atom. The lowest BCUT2D eigenvalue weighted by Crippen LogP contribution is -2.17. The summed E-state index contributed by atoms with van der Waals surface area (Å²) in [7, 11) is 1.58. The molecule has 0 fully saturated rings. The number of alkyl halides is 1. The molecule has 1 N–H and O–H groups in total. The van der Waals surface area contributed by atoms with Crippen molar-refractivity contribution in [2.24, 2.45) is 0 Å². The molecule has 0 unspecified atom stereocenters. The van der Waals surface area contributed by atoms with Crippen LogP contribution in [0.25, 0.3) is 0 Å². The Morgan fingerprint density at radius 2 is 2.06 bits per heavy atom. The maximum Gasteiger partial charge on any atom is 0.411 e. The SMILES string of the molecule is COc1ccc(NC(=O)OC[C@H](C)Cl)cc1. The van der Waals surface area contributed by atoms with E-state index < -0.39 is 6.09 Å². The zero-order valence-corrected chi connectivity index (χ0v) is 9.95. The monoisotopic (exact) mass is 243 g/mol. The van der Waals surface area contributed by atoms with Crippen molar-refractivity contribution in [3.05, 3.63) is 24.3 Å². The van der Waals surface area contributed by atoms with Gasteiger partial charge in [-0.3, -0.25) is 5.32 Å². The average molecular weight is 244 g/mol. The van der Waals surface area contributed by atoms with E-state index in [4.69, 9.17) is 21.1 Å². The molecule has 0 bridgehead atoms. The maximum absolute atomic E-state index is 11.2. The van der Waals surface area contributed by atoms with Gasteiger partial charge in [0.05, 0.1) is 12.5 Å². The number of nitrogens with one attached hydrogen (secondary N) is 1. The van der Waals surface area contributed by atoms with Crippen molar-refractivity contribution < 1.29 is 14.3 Å². The van der Waals surface area contributed by atoms with Crippen molar-refractivity contribution in [1.82, 2.24) is 0 Å². The molecule has 1 rings (SSSR count). The summed E-state index contributed by atoms with van der Waals surface area (Å²) in [6, 6.07) is 6.95. The van der Waals surface area contributed by atoms with Crippen molar-refractivity contribution in [1.29, 1.82) is 0 Å². The highest BCUT2D eigenvalue weighted by atomic mass is 35.5. The second kappa shape index (κ2) is 6.23. The number of methoxy groups -OCH3 is 1. The van der Waals surface area contributed by atoms with Crippen LogP contribution in [0.4, 0.5) is 10.5 Å². The van der Waals surface area contributed by atoms with Crippen LogP contribution in [0.1, 0.15) is 6.92 Å². The predicted octanol–water partition coefficient (Wildman–Crippen LogP) is 2.87. The third-order valence-electron chi connectivity index (χ3n) is 1.78. The number of halogens is 1. The van der Waals surface area contributed by atoms with E-state index in [2.05, 4.69) is 5.32 Å². The molecule has 0 aromatic heterocycles. The van der Waals surface area contributed by atoms with Crippen LogP contribution in [0.2, 0.25) is 0 Å². The third kappa shape index (κ3) is 4.40. The number of amides is 1. The van der Waals surface area contributed by atoms with E-state index in [9.17, 15) is 4.79 Å². The van der Waals surface area contributed by atoms with E-state index in [-0.39, 0.29) is 12.0 Å². The third-order valence-corrected chi connectivity index (χ3v) is 1.91. The number of hydrogen-bond donors (Lipinski definition) is 1. The largest absolute Gasteiger partial charge is 0.497 e. The molecule has 1 aromatic rings. The summed E-state index contributed by atoms with van der Waals surface area (Å²) in [5, 5.41) is 2.38. The van der Waals surface area contributed by atoms with Crippen molar-refractivity contribution in [2.45, 2.75) is 12.3 Å². The second-order valence-corrected chi connectivity index (χ2v) is 3.98. The molecule has 1 atom stereocenters. The molecule has 88 valence electrons. The van der Waals surface area contributed by atoms with Crippen LogP contribution in [0.5, 0.6) is 5.75 Å². The minimum absolute atomic E-state index is 0.184. The molecule has 1 aromatic carbocycles. The Kier molecular flexibility index (Phi) is 4.92. The summed E-state index contributed by atoms with van der Waals surface area (Å²) < 4.78 is 9.84. The highest BCUT2D eigenvalue weighted by Crippen LogP contribution is 2.15. The Hall–Kier alpha value is -1.42. The van der Waals surface area contributed by atoms with E-state index in [1.165, 1.54) is 0 Å². The van der Waals surface area contributed by atoms with Gasteiger partial charge in [-0.25, -0.2) is 4.79 Å². The van der Waals surface area contributed by atoms with Gasteiger partial charge in [0.25, 0.3) is 0 Å². The zero-order chi connectivity index (χ0) is 12.0. The number of benzene rings is 1. The first-order chi connectivity index (χ1) is 7.61. The van der Waals surface area contributed by atoms with E-state index in [1.54, 1.807) is 38.3 Å². The van der Waals surface area contributed by atoms with Gasteiger partial charge in [0.1, 0.15) is 12.4 Å². The van der Waals surface area contributed by atoms with Crippen LogP contribution in [0, 0.1) is 0 Å². The van der Waals surface area contributed by atoms with E-state index in [0.717, 1.165) is 5.75 Å². The van der Waals surface area contributed by atoms with Gasteiger partial charge in [-0.1, -0.05) is 0 Å². The number of carbonyl (C=O) groups is 1. The molecule has 0 saturated carbocycles. The van der Waals surface area contributed by atoms with Crippen LogP contribution < -0.4 is 10.1 Å². The first kappa shape index (κ1) is 12.6. The molecule has 1 amide bonds. The van der Waals surface area contributed by atoms with Gasteiger partial charge in [0, 0.05) is 5.69 Å². The lowest BCUT2D eigenvalue weighted by Gasteiger charge is -2.08. The summed E-state index contributed by atoms with van der Waals surface area (Å²) in [5.41, 5.74) is 0.646. The van der Waals surface area contributed by atoms with Gasteiger partial charge >= 0.3 is 6.09 Å². The lowest BCUT2D eigenvalue weighted by molar-refractivity contribution is 0.162. The van der Waals surface area contributed by atoms with E-state index >= 15 is 0 Å². The minimum Gasteiger partial charge on any atom is -0.497 e. The number of ether oxygens (including phenoxy) is 2. The molecule has 0 heterocycles. The van der Waals surface area contributed by atoms with Gasteiger partial charge < -0.3 is 9.47 Å². The first-order valence-corrected chi connectivity index (χ1v) is 5.27. The van der Waals surface area contributed by atoms with Crippen molar-refractivity contribution in [2.75, 3.05) is 19.0 Å². The minimum atomic E-state index is -0.516. The first-order valence-electron chi connectivity index (χ1n) is 4.83.